The van der Waals surface area contributed by atoms with Gasteiger partial charge in [0.15, 0.2) is 0 Å². The molecule has 9 rings (SSSR count). The van der Waals surface area contributed by atoms with Crippen molar-refractivity contribution in [3.05, 3.63) is 138 Å². The minimum Gasteiger partial charge on any atom is -0.370 e. The predicted octanol–water partition coefficient (Wildman–Crippen LogP) is 12.6. The first-order valence-electron chi connectivity index (χ1n) is 21.3. The van der Waals surface area contributed by atoms with Crippen molar-refractivity contribution in [2.45, 2.75) is 93.6 Å². The highest BCUT2D eigenvalue weighted by Crippen LogP contribution is 2.52. The van der Waals surface area contributed by atoms with Gasteiger partial charge in [-0.15, -0.1) is 0 Å². The van der Waals surface area contributed by atoms with Crippen LogP contribution in [0.2, 0.25) is 0 Å². The Balaban J connectivity index is 1.02. The molecule has 0 aromatic heterocycles. The topological polar surface area (TPSA) is 52.7 Å². The van der Waals surface area contributed by atoms with E-state index in [1.165, 1.54) is 98.1 Å². The van der Waals surface area contributed by atoms with Gasteiger partial charge in [-0.1, -0.05) is 105 Å². The zero-order valence-electron chi connectivity index (χ0n) is 33.7. The number of carbonyl (C=O) groups is 2. The number of anilines is 3. The quantitative estimate of drug-likeness (QED) is 0.131. The van der Waals surface area contributed by atoms with E-state index < -0.39 is 35.0 Å². The fourth-order valence-electron chi connectivity index (χ4n) is 10.3. The molecule has 0 bridgehead atoms. The largest absolute Gasteiger partial charge is 0.454 e. The molecule has 4 aliphatic rings. The number of piperidine rings is 1. The van der Waals surface area contributed by atoms with Gasteiger partial charge in [0.1, 0.15) is 0 Å². The molecule has 3 heterocycles. The minimum atomic E-state index is -5.06. The maximum atomic E-state index is 13.4. The van der Waals surface area contributed by atoms with Gasteiger partial charge in [0.2, 0.25) is 0 Å². The van der Waals surface area contributed by atoms with Crippen LogP contribution in [0.25, 0.3) is 22.3 Å². The number of hydrogen-bond donors (Lipinski definition) is 1. The highest BCUT2D eigenvalue weighted by molar-refractivity contribution is 6.02. The van der Waals surface area contributed by atoms with Crippen molar-refractivity contribution in [2.24, 2.45) is 0 Å². The van der Waals surface area contributed by atoms with Crippen LogP contribution < -0.4 is 15.1 Å². The number of rotatable bonds is 7. The highest BCUT2D eigenvalue weighted by atomic mass is 19.4. The highest BCUT2D eigenvalue weighted by Gasteiger charge is 2.48. The summed E-state index contributed by atoms with van der Waals surface area (Å²) in [5.41, 5.74) is 6.47. The molecule has 1 N–H and O–H groups in total. The molecule has 316 valence electrons. The molecule has 1 spiro atoms. The Morgan fingerprint density at radius 1 is 0.590 bits per heavy atom. The van der Waals surface area contributed by atoms with E-state index in [-0.39, 0.29) is 11.5 Å². The van der Waals surface area contributed by atoms with Crippen molar-refractivity contribution in [1.82, 2.24) is 5.32 Å². The van der Waals surface area contributed by atoms with Crippen LogP contribution in [-0.4, -0.2) is 55.1 Å². The van der Waals surface area contributed by atoms with Gasteiger partial charge in [0.25, 0.3) is 11.6 Å². The van der Waals surface area contributed by atoms with E-state index in [2.05, 4.69) is 63.6 Å². The Labute approximate surface area is 351 Å². The Morgan fingerprint density at radius 3 is 1.74 bits per heavy atom. The molecule has 2 unspecified atom stereocenters. The maximum absolute atomic E-state index is 13.4. The first-order chi connectivity index (χ1) is 29.3. The van der Waals surface area contributed by atoms with Gasteiger partial charge in [-0.25, -0.2) is 0 Å². The Hall–Kier alpha value is -5.42. The molecule has 1 aliphatic carbocycles. The monoisotopic (exact) mass is 835 g/mol. The summed E-state index contributed by atoms with van der Waals surface area (Å²) in [6.07, 6.45) is 1.10. The first kappa shape index (κ1) is 41.0. The second-order valence-electron chi connectivity index (χ2n) is 17.4. The minimum absolute atomic E-state index is 0.135. The fraction of sp³-hybridized carbons (Fsp3) is 0.360. The molecule has 5 aromatic carbocycles. The molecular weight excluding hydrogens is 789 g/mol. The number of hydrogen-bond acceptors (Lipinski definition) is 5. The second-order valence-corrected chi connectivity index (χ2v) is 17.4. The lowest BCUT2D eigenvalue weighted by Crippen LogP contribution is -2.57. The average Bonchev–Trinajstić information content (AvgIpc) is 3.60. The average molecular weight is 836 g/mol. The number of fused-ring (bicyclic) bond motifs is 3. The van der Waals surface area contributed by atoms with Crippen molar-refractivity contribution in [3.8, 4) is 22.3 Å². The molecule has 3 fully saturated rings. The first-order valence-corrected chi connectivity index (χ1v) is 21.3. The van der Waals surface area contributed by atoms with Crippen LogP contribution >= 0.6 is 0 Å². The molecule has 11 heteroatoms. The van der Waals surface area contributed by atoms with Crippen LogP contribution in [0, 0.1) is 0 Å². The number of nitrogens with zero attached hydrogens (tertiary/aromatic N) is 2. The lowest BCUT2D eigenvalue weighted by atomic mass is 9.74. The summed E-state index contributed by atoms with van der Waals surface area (Å²) in [5.74, 6) is -3.44. The lowest BCUT2D eigenvalue weighted by Gasteiger charge is -2.46. The third-order valence-corrected chi connectivity index (χ3v) is 13.5. The summed E-state index contributed by atoms with van der Waals surface area (Å²) < 4.78 is 80.6. The van der Waals surface area contributed by atoms with Gasteiger partial charge >= 0.3 is 12.4 Å². The molecular formula is C50H47F6N3O2. The summed E-state index contributed by atoms with van der Waals surface area (Å²) in [6.45, 7) is 2.19. The third kappa shape index (κ3) is 8.21. The fourth-order valence-corrected chi connectivity index (χ4v) is 10.3. The van der Waals surface area contributed by atoms with Crippen molar-refractivity contribution in [3.63, 3.8) is 0 Å². The smallest absolute Gasteiger partial charge is 0.370 e. The Morgan fingerprint density at radius 2 is 1.16 bits per heavy atom. The number of Topliss-reactive ketones (excluding diaryl/α,β-unsaturated/α-hetero) is 2. The maximum Gasteiger partial charge on any atom is 0.454 e. The third-order valence-electron chi connectivity index (χ3n) is 13.5. The SMILES string of the molecule is O=C(c1cccc(-c2cc(-c3cccc(C(=O)C(F)(F)F)c3)cc(N3CC(c4ccc5c(c4)C4CNC6(CCCCCCCC6)CC4N5c4ccccc4)C3)c2)c1)C(F)(F)F. The Kier molecular flexibility index (Phi) is 10.8. The zero-order valence-corrected chi connectivity index (χ0v) is 33.7. The summed E-state index contributed by atoms with van der Waals surface area (Å²) >= 11 is 0. The summed E-state index contributed by atoms with van der Waals surface area (Å²) in [4.78, 5) is 29.1. The van der Waals surface area contributed by atoms with Gasteiger partial charge in [0, 0.05) is 71.2 Å². The van der Waals surface area contributed by atoms with Crippen molar-refractivity contribution < 1.29 is 35.9 Å². The Bertz CT molecular complexity index is 2340. The van der Waals surface area contributed by atoms with Crippen LogP contribution in [0.3, 0.4) is 0 Å². The predicted molar refractivity (Wildman–Crippen MR) is 227 cm³/mol. The molecule has 3 aliphatic heterocycles. The van der Waals surface area contributed by atoms with Gasteiger partial charge < -0.3 is 15.1 Å². The molecule has 2 atom stereocenters. The van der Waals surface area contributed by atoms with E-state index >= 15 is 0 Å². The van der Waals surface area contributed by atoms with Crippen LogP contribution in [0.15, 0.2) is 115 Å². The molecule has 1 saturated carbocycles. The number of benzene rings is 5. The number of ketones is 2. The van der Waals surface area contributed by atoms with Gasteiger partial charge in [-0.3, -0.25) is 9.59 Å². The van der Waals surface area contributed by atoms with Crippen LogP contribution in [0.1, 0.15) is 101 Å². The summed E-state index contributed by atoms with van der Waals surface area (Å²) in [5, 5.41) is 4.11. The van der Waals surface area contributed by atoms with Crippen LogP contribution in [-0.2, 0) is 0 Å². The normalized spacial score (nSPS) is 20.6. The lowest BCUT2D eigenvalue weighted by molar-refractivity contribution is -0.0888. The summed E-state index contributed by atoms with van der Waals surface area (Å²) in [7, 11) is 0. The van der Waals surface area contributed by atoms with E-state index in [9.17, 15) is 35.9 Å². The van der Waals surface area contributed by atoms with Crippen LogP contribution in [0.4, 0.5) is 43.4 Å². The van der Waals surface area contributed by atoms with E-state index in [0.717, 1.165) is 30.8 Å². The number of para-hydroxylation sites is 1. The van der Waals surface area contributed by atoms with Crippen LogP contribution in [0.5, 0.6) is 0 Å². The van der Waals surface area contributed by atoms with E-state index in [0.29, 0.717) is 47.3 Å². The molecule has 5 nitrogen and oxygen atoms in total. The molecule has 0 amide bonds. The van der Waals surface area contributed by atoms with Gasteiger partial charge in [-0.05, 0) is 101 Å². The number of halogens is 6. The van der Waals surface area contributed by atoms with E-state index in [1.807, 2.05) is 12.1 Å². The van der Waals surface area contributed by atoms with Gasteiger partial charge in [-0.2, -0.15) is 26.3 Å². The van der Waals surface area contributed by atoms with E-state index in [4.69, 9.17) is 0 Å². The molecule has 0 radical (unpaired) electrons. The van der Waals surface area contributed by atoms with Crippen molar-refractivity contribution >= 4 is 28.6 Å². The summed E-state index contributed by atoms with van der Waals surface area (Å²) in [6, 6.07) is 33.7. The molecule has 2 saturated heterocycles. The van der Waals surface area contributed by atoms with Crippen molar-refractivity contribution in [1.29, 1.82) is 0 Å². The van der Waals surface area contributed by atoms with Crippen molar-refractivity contribution in [2.75, 3.05) is 29.4 Å². The molecule has 5 aromatic rings. The molecule has 61 heavy (non-hydrogen) atoms. The number of nitrogens with one attached hydrogen (secondary N) is 1. The second kappa shape index (κ2) is 16.1. The zero-order chi connectivity index (χ0) is 42.5. The number of carbonyl (C=O) groups excluding carboxylic acids is 2. The standard InChI is InChI=1S/C50H47F6N3O2/c51-49(52,53)46(60)35-14-10-12-32(22-35)37-24-38(33-13-11-15-36(23-33)47(61)50(54,55)56)26-41(25-37)58-30-39(31-58)34-18-19-44-42(27-34)43-29-57-48(20-8-3-1-2-4-9-21-48)28-45(43)59(44)40-16-6-5-7-17-40/h5-7,10-19,22-27,39,43,45,57H,1-4,8-9,20-21,28-31H2. The van der Waals surface area contributed by atoms with Gasteiger partial charge in [0.05, 0.1) is 0 Å². The van der Waals surface area contributed by atoms with E-state index in [1.54, 1.807) is 18.2 Å². The number of alkyl halides is 6.